The van der Waals surface area contributed by atoms with Gasteiger partial charge < -0.3 is 9.05 Å². The quantitative estimate of drug-likeness (QED) is 0.487. The molecule has 0 aliphatic carbocycles. The first-order valence-electron chi connectivity index (χ1n) is 3.05. The van der Waals surface area contributed by atoms with Gasteiger partial charge in [0, 0.05) is 12.5 Å². The number of rotatable bonds is 5. The summed E-state index contributed by atoms with van der Waals surface area (Å²) in [6, 6.07) is 0. The molecule has 10 heavy (non-hydrogen) atoms. The van der Waals surface area contributed by atoms with Crippen LogP contribution in [0.25, 0.3) is 0 Å². The number of hydrogen-bond acceptors (Lipinski definition) is 3. The van der Waals surface area contributed by atoms with Gasteiger partial charge >= 0.3 is 7.60 Å². The summed E-state index contributed by atoms with van der Waals surface area (Å²) < 4.78 is 20.7. The van der Waals surface area contributed by atoms with E-state index in [9.17, 15) is 4.57 Å². The molecule has 1 unspecified atom stereocenters. The van der Waals surface area contributed by atoms with E-state index in [1.807, 2.05) is 0 Å². The third-order valence-corrected chi connectivity index (χ3v) is 2.30. The van der Waals surface area contributed by atoms with E-state index < -0.39 is 7.60 Å². The number of alkyl halides is 1. The second-order valence-electron chi connectivity index (χ2n) is 1.71. The Morgan fingerprint density at radius 2 is 2.10 bits per heavy atom. The number of halogens is 1. The minimum Gasteiger partial charge on any atom is -0.309 e. The summed E-state index contributed by atoms with van der Waals surface area (Å²) in [5.74, 6) is 0.338. The van der Waals surface area contributed by atoms with Gasteiger partial charge in [0.1, 0.15) is 0 Å². The molecule has 0 aromatic heterocycles. The molecule has 0 aliphatic heterocycles. The van der Waals surface area contributed by atoms with Crippen LogP contribution in [0.1, 0.15) is 6.92 Å². The van der Waals surface area contributed by atoms with Gasteiger partial charge in [0.05, 0.1) is 13.2 Å². The van der Waals surface area contributed by atoms with Crippen LogP contribution >= 0.6 is 19.2 Å². The van der Waals surface area contributed by atoms with E-state index in [1.54, 1.807) is 6.92 Å². The van der Waals surface area contributed by atoms with Crippen molar-refractivity contribution in [1.29, 1.82) is 0 Å². The lowest BCUT2D eigenvalue weighted by atomic mass is 10.9. The van der Waals surface area contributed by atoms with Gasteiger partial charge in [-0.15, -0.1) is 11.6 Å². The standard InChI is InChI=1S/C5H12ClO3P/c1-3-8-10(2,7)9-5-4-6/h3-5H2,1-2H3. The zero-order valence-electron chi connectivity index (χ0n) is 6.17. The average molecular weight is 187 g/mol. The Bertz CT molecular complexity index is 128. The molecule has 0 N–H and O–H groups in total. The topological polar surface area (TPSA) is 35.5 Å². The van der Waals surface area contributed by atoms with Crippen LogP contribution in [-0.4, -0.2) is 25.8 Å². The Hall–Kier alpha value is 0.440. The zero-order valence-corrected chi connectivity index (χ0v) is 7.82. The fourth-order valence-electron chi connectivity index (χ4n) is 0.472. The summed E-state index contributed by atoms with van der Waals surface area (Å²) in [5, 5.41) is 0. The highest BCUT2D eigenvalue weighted by molar-refractivity contribution is 7.52. The Balaban J connectivity index is 3.53. The van der Waals surface area contributed by atoms with E-state index in [1.165, 1.54) is 6.66 Å². The van der Waals surface area contributed by atoms with Crippen LogP contribution in [0, 0.1) is 0 Å². The molecule has 0 bridgehead atoms. The van der Waals surface area contributed by atoms with Crippen LogP contribution in [0.2, 0.25) is 0 Å². The Labute approximate surface area is 66.2 Å². The molecule has 0 aromatic rings. The van der Waals surface area contributed by atoms with Gasteiger partial charge in [-0.05, 0) is 6.92 Å². The highest BCUT2D eigenvalue weighted by atomic mass is 35.5. The molecule has 1 atom stereocenters. The summed E-state index contributed by atoms with van der Waals surface area (Å²) in [4.78, 5) is 0. The van der Waals surface area contributed by atoms with E-state index in [0.29, 0.717) is 12.5 Å². The first-order chi connectivity index (χ1) is 4.62. The molecule has 3 nitrogen and oxygen atoms in total. The largest absolute Gasteiger partial charge is 0.327 e. The molecule has 62 valence electrons. The Morgan fingerprint density at radius 1 is 1.50 bits per heavy atom. The van der Waals surface area contributed by atoms with Crippen molar-refractivity contribution in [3.8, 4) is 0 Å². The molecule has 0 saturated carbocycles. The summed E-state index contributed by atoms with van der Waals surface area (Å²) >= 11 is 5.31. The van der Waals surface area contributed by atoms with Gasteiger partial charge in [-0.2, -0.15) is 0 Å². The second-order valence-corrected chi connectivity index (χ2v) is 4.15. The average Bonchev–Trinajstić information content (AvgIpc) is 1.84. The summed E-state index contributed by atoms with van der Waals surface area (Å²) in [7, 11) is -2.79. The lowest BCUT2D eigenvalue weighted by molar-refractivity contribution is 0.226. The van der Waals surface area contributed by atoms with Crippen LogP contribution in [0.15, 0.2) is 0 Å². The molecule has 0 heterocycles. The van der Waals surface area contributed by atoms with E-state index >= 15 is 0 Å². The predicted octanol–water partition coefficient (Wildman–Crippen LogP) is 2.10. The summed E-state index contributed by atoms with van der Waals surface area (Å²) in [5.41, 5.74) is 0. The lowest BCUT2D eigenvalue weighted by Gasteiger charge is -2.10. The summed E-state index contributed by atoms with van der Waals surface area (Å²) in [6.45, 7) is 3.87. The molecular formula is C5H12ClO3P. The van der Waals surface area contributed by atoms with Crippen molar-refractivity contribution in [2.24, 2.45) is 0 Å². The normalized spacial score (nSPS) is 16.7. The maximum absolute atomic E-state index is 11.1. The molecular weight excluding hydrogens is 174 g/mol. The van der Waals surface area contributed by atoms with Crippen molar-refractivity contribution < 1.29 is 13.6 Å². The Morgan fingerprint density at radius 3 is 2.50 bits per heavy atom. The Kier molecular flexibility index (Phi) is 5.36. The van der Waals surface area contributed by atoms with Crippen molar-refractivity contribution in [1.82, 2.24) is 0 Å². The first kappa shape index (κ1) is 10.4. The first-order valence-corrected chi connectivity index (χ1v) is 5.57. The molecule has 0 saturated heterocycles. The molecule has 0 aromatic carbocycles. The zero-order chi connectivity index (χ0) is 8.04. The van der Waals surface area contributed by atoms with Gasteiger partial charge in [0.15, 0.2) is 0 Å². The number of hydrogen-bond donors (Lipinski definition) is 0. The predicted molar refractivity (Wildman–Crippen MR) is 41.8 cm³/mol. The van der Waals surface area contributed by atoms with E-state index in [-0.39, 0.29) is 6.61 Å². The van der Waals surface area contributed by atoms with Crippen LogP contribution in [-0.2, 0) is 13.6 Å². The van der Waals surface area contributed by atoms with Crippen LogP contribution in [0.5, 0.6) is 0 Å². The molecule has 0 spiro atoms. The third kappa shape index (κ3) is 5.24. The van der Waals surface area contributed by atoms with Crippen molar-refractivity contribution >= 4 is 19.2 Å². The van der Waals surface area contributed by atoms with E-state index in [4.69, 9.17) is 20.6 Å². The highest BCUT2D eigenvalue weighted by Gasteiger charge is 2.14. The monoisotopic (exact) mass is 186 g/mol. The SMILES string of the molecule is CCOP(C)(=O)OCCCl. The van der Waals surface area contributed by atoms with Gasteiger partial charge in [-0.1, -0.05) is 0 Å². The smallest absolute Gasteiger partial charge is 0.309 e. The lowest BCUT2D eigenvalue weighted by Crippen LogP contribution is -1.96. The molecule has 0 fully saturated rings. The molecule has 0 amide bonds. The molecule has 0 radical (unpaired) electrons. The van der Waals surface area contributed by atoms with Crippen LogP contribution in [0.3, 0.4) is 0 Å². The second kappa shape index (κ2) is 5.14. The van der Waals surface area contributed by atoms with Crippen molar-refractivity contribution in [3.63, 3.8) is 0 Å². The fraction of sp³-hybridized carbons (Fsp3) is 1.00. The third-order valence-electron chi connectivity index (χ3n) is 0.767. The molecule has 5 heteroatoms. The van der Waals surface area contributed by atoms with E-state index in [0.717, 1.165) is 0 Å². The van der Waals surface area contributed by atoms with Gasteiger partial charge in [0.25, 0.3) is 0 Å². The van der Waals surface area contributed by atoms with Crippen molar-refractivity contribution in [2.75, 3.05) is 25.8 Å². The van der Waals surface area contributed by atoms with Crippen molar-refractivity contribution in [3.05, 3.63) is 0 Å². The minimum absolute atomic E-state index is 0.273. The summed E-state index contributed by atoms with van der Waals surface area (Å²) in [6.07, 6.45) is 0. The van der Waals surface area contributed by atoms with Gasteiger partial charge in [0.2, 0.25) is 0 Å². The fourth-order valence-corrected chi connectivity index (χ4v) is 1.62. The molecule has 0 rings (SSSR count). The van der Waals surface area contributed by atoms with Crippen LogP contribution < -0.4 is 0 Å². The van der Waals surface area contributed by atoms with Crippen LogP contribution in [0.4, 0.5) is 0 Å². The maximum Gasteiger partial charge on any atom is 0.327 e. The maximum atomic E-state index is 11.1. The van der Waals surface area contributed by atoms with Gasteiger partial charge in [-0.25, -0.2) is 0 Å². The molecule has 0 aliphatic rings. The van der Waals surface area contributed by atoms with Crippen molar-refractivity contribution in [2.45, 2.75) is 6.92 Å². The van der Waals surface area contributed by atoms with Gasteiger partial charge in [-0.3, -0.25) is 4.57 Å². The highest BCUT2D eigenvalue weighted by Crippen LogP contribution is 2.43. The minimum atomic E-state index is -2.79. The van der Waals surface area contributed by atoms with E-state index in [2.05, 4.69) is 0 Å².